The Morgan fingerprint density at radius 2 is 0.500 bits per heavy atom. The van der Waals surface area contributed by atoms with Gasteiger partial charge in [-0.2, -0.15) is 0 Å². The molecule has 0 amide bonds. The molecule has 0 aromatic carbocycles. The Morgan fingerprint density at radius 3 is 0.620 bits per heavy atom. The molecule has 2 radical (unpaired) electrons. The molecule has 50 heavy (non-hydrogen) atoms. The molecule has 0 bridgehead atoms. The van der Waals surface area contributed by atoms with E-state index >= 15 is 0 Å². The molecule has 1 heterocycles. The van der Waals surface area contributed by atoms with E-state index in [9.17, 15) is 0 Å². The van der Waals surface area contributed by atoms with Crippen LogP contribution in [0.3, 0.4) is 0 Å². The van der Waals surface area contributed by atoms with Crippen LogP contribution in [0.5, 0.6) is 0 Å². The van der Waals surface area contributed by atoms with Gasteiger partial charge in [-0.15, -0.1) is 0 Å². The quantitative estimate of drug-likeness (QED) is 0.145. The molecule has 0 aliphatic heterocycles. The Kier molecular flexibility index (Phi) is 17.9. The molecule has 14 heteroatoms. The van der Waals surface area contributed by atoms with Crippen LogP contribution in [0.15, 0.2) is 0 Å². The predicted molar refractivity (Wildman–Crippen MR) is 281 cm³/mol. The van der Waals surface area contributed by atoms with Gasteiger partial charge in [0.15, 0.2) is 0 Å². The first-order valence-corrected chi connectivity index (χ1v) is 62.2. The molecule has 0 aliphatic carbocycles. The Bertz CT molecular complexity index is 1180. The molecule has 0 nitrogen and oxygen atoms in total. The minimum absolute atomic E-state index is 0.140. The third kappa shape index (κ3) is 13.3. The van der Waals surface area contributed by atoms with Crippen molar-refractivity contribution >= 4 is 137 Å². The summed E-state index contributed by atoms with van der Waals surface area (Å²) in [5.41, 5.74) is 0. The molecule has 0 saturated heterocycles. The zero-order valence-corrected chi connectivity index (χ0v) is 54.8. The van der Waals surface area contributed by atoms with Gasteiger partial charge in [-0.25, -0.2) is 0 Å². The molecule has 6 atom stereocenters. The van der Waals surface area contributed by atoms with Crippen molar-refractivity contribution in [1.29, 1.82) is 0 Å². The maximum absolute atomic E-state index is 5.23. The molecule has 294 valence electrons. The van der Waals surface area contributed by atoms with Crippen molar-refractivity contribution in [2.24, 2.45) is 0 Å². The van der Waals surface area contributed by atoms with Gasteiger partial charge < -0.3 is 0 Å². The van der Waals surface area contributed by atoms with Gasteiger partial charge in [-0.3, -0.25) is 0 Å². The first-order valence-electron chi connectivity index (χ1n) is 19.8. The van der Waals surface area contributed by atoms with Crippen LogP contribution < -0.4 is 9.36 Å². The van der Waals surface area contributed by atoms with Crippen molar-refractivity contribution < 1.29 is 0 Å². The summed E-state index contributed by atoms with van der Waals surface area (Å²) in [5.74, 6) is 0. The van der Waals surface area contributed by atoms with Crippen LogP contribution in [0.1, 0.15) is 22.8 Å². The molecule has 0 aliphatic rings. The van der Waals surface area contributed by atoms with Gasteiger partial charge in [0, 0.05) is 0 Å². The van der Waals surface area contributed by atoms with Crippen LogP contribution in [-0.2, 0) is 0 Å². The number of hydrogen-bond donors (Lipinski definition) is 0. The molecular weight excluding hydrogens is 926 g/mol. The zero-order chi connectivity index (χ0) is 40.3. The summed E-state index contributed by atoms with van der Waals surface area (Å²) in [6.07, 6.45) is 0. The maximum atomic E-state index is 5.23. The van der Waals surface area contributed by atoms with E-state index in [1.54, 1.807) is 0 Å². The molecule has 6 unspecified atom stereocenters. The fraction of sp³-hybridized carbons (Fsp3) is 0.889. The van der Waals surface area contributed by atoms with E-state index in [0.717, 1.165) is 40.7 Å². The Hall–Kier alpha value is 3.50. The predicted octanol–water partition coefficient (Wildman–Crippen LogP) is 15.4. The minimum atomic E-state index is -1.57. The third-order valence-corrected chi connectivity index (χ3v) is 138. The zero-order valence-electron chi connectivity index (χ0n) is 38.8. The normalized spacial score (nSPS) is 17.5. The summed E-state index contributed by atoms with van der Waals surface area (Å²) in [7, 11) is -8.99. The van der Waals surface area contributed by atoms with Gasteiger partial charge in [-0.05, 0) is 0 Å². The van der Waals surface area contributed by atoms with E-state index in [0.29, 0.717) is 0 Å². The summed E-state index contributed by atoms with van der Waals surface area (Å²) in [6.45, 7) is 83.2. The fourth-order valence-electron chi connectivity index (χ4n) is 12.0. The van der Waals surface area contributed by atoms with E-state index in [2.05, 4.69) is 171 Å². The van der Waals surface area contributed by atoms with E-state index in [-0.39, 0.29) is 14.4 Å². The van der Waals surface area contributed by atoms with E-state index < -0.39 is 93.3 Å². The van der Waals surface area contributed by atoms with Gasteiger partial charge >= 0.3 is 342 Å². The molecule has 1 rings (SSSR count). The molecule has 0 saturated carbocycles. The van der Waals surface area contributed by atoms with Gasteiger partial charge in [0.05, 0.1) is 0 Å². The van der Waals surface area contributed by atoms with Crippen LogP contribution >= 0.6 is 30.2 Å². The first-order chi connectivity index (χ1) is 21.6. The van der Waals surface area contributed by atoms with Crippen molar-refractivity contribution in [2.45, 2.75) is 196 Å². The Morgan fingerprint density at radius 1 is 0.360 bits per heavy atom. The van der Waals surface area contributed by atoms with Crippen molar-refractivity contribution in [3.8, 4) is 0 Å². The van der Waals surface area contributed by atoms with Crippen molar-refractivity contribution in [3.63, 3.8) is 0 Å². The fourth-order valence-corrected chi connectivity index (χ4v) is 181. The second-order valence-corrected chi connectivity index (χ2v) is 105. The molecule has 1 aromatic rings. The summed E-state index contributed by atoms with van der Waals surface area (Å²) >= 11 is -3.14. The van der Waals surface area contributed by atoms with Crippen LogP contribution in [-0.4, -0.2) is 93.3 Å². The van der Waals surface area contributed by atoms with Crippen molar-refractivity contribution in [3.05, 3.63) is 9.36 Å². The number of hydrogen-bond acceptors (Lipinski definition) is 0. The van der Waals surface area contributed by atoms with Gasteiger partial charge in [0.25, 0.3) is 0 Å². The molecule has 0 spiro atoms. The first kappa shape index (κ1) is 51.5. The Labute approximate surface area is 338 Å². The van der Waals surface area contributed by atoms with Crippen LogP contribution in [0.25, 0.3) is 13.2 Å². The second-order valence-electron chi connectivity index (χ2n) is 24.9. The van der Waals surface area contributed by atoms with Crippen LogP contribution in [0, 0.1) is 0 Å². The van der Waals surface area contributed by atoms with E-state index in [4.69, 9.17) is 13.2 Å². The summed E-state index contributed by atoms with van der Waals surface area (Å²) in [5, 5.41) is 0. The molecular formula is C36H90Ge2P4Si8. The van der Waals surface area contributed by atoms with Gasteiger partial charge in [0.1, 0.15) is 0 Å². The second kappa shape index (κ2) is 17.4. The van der Waals surface area contributed by atoms with Crippen molar-refractivity contribution in [2.75, 3.05) is 0 Å². The van der Waals surface area contributed by atoms with E-state index in [1.807, 2.05) is 9.36 Å². The topological polar surface area (TPSA) is 0 Å². The van der Waals surface area contributed by atoms with Crippen molar-refractivity contribution in [1.82, 2.24) is 0 Å². The third-order valence-electron chi connectivity index (χ3n) is 11.1. The van der Waals surface area contributed by atoms with E-state index in [1.165, 1.54) is 0 Å². The molecule has 0 fully saturated rings. The van der Waals surface area contributed by atoms with Crippen LogP contribution in [0.4, 0.5) is 0 Å². The SMILES string of the molecule is C=c1[pH]p([CH](C)[Ge]([CH]([Si](C)(C)C)[Si](C)(C)C)[CH]([Si](C)(C)C)[Si](C)(C)C)c(=C)[pH]p1[CH](C)[Ge]([CH]([Si](C)(C)C)[Si](C)(C)C)[CH]([Si](C)(C)C)[Si](C)(C)C. The molecule has 0 N–H and O–H groups in total. The average molecular weight is 1020 g/mol. The summed E-state index contributed by atoms with van der Waals surface area (Å²) < 4.78 is 10.1. The monoisotopic (exact) mass is 1020 g/mol. The van der Waals surface area contributed by atoms with Crippen LogP contribution in [0.2, 0.25) is 173 Å². The number of rotatable bonds is 16. The average Bonchev–Trinajstić information content (AvgIpc) is 2.76. The molecule has 1 aromatic heterocycles. The van der Waals surface area contributed by atoms with Gasteiger partial charge in [-0.1, -0.05) is 0 Å². The van der Waals surface area contributed by atoms with Gasteiger partial charge in [0.2, 0.25) is 0 Å². The standard InChI is InChI=1S/C36H90Ge2P4Si8/c1-29(37(33(43(5,6)7)44(8,9)10)34(45(11,12)13)46(14,15)16)41-31(3)40-42(32(4)39-41)30(2)38(35(47(17,18)19)48(20,21)22)36(49(23,24)25)50(26,27)28/h29-30,33-36,39-40H,3-4H2,1-2,5-28H3. The summed E-state index contributed by atoms with van der Waals surface area (Å²) in [6, 6.07) is 0. The summed E-state index contributed by atoms with van der Waals surface area (Å²) in [4.78, 5) is 0. The Balaban J connectivity index is 4.31.